The number of nitrogens with one attached hydrogen (secondary N) is 1. The molecule has 27 heavy (non-hydrogen) atoms. The Morgan fingerprint density at radius 2 is 1.74 bits per heavy atom. The molecule has 0 unspecified atom stereocenters. The van der Waals surface area contributed by atoms with Crippen molar-refractivity contribution in [1.29, 1.82) is 0 Å². The molecule has 0 radical (unpaired) electrons. The Kier molecular flexibility index (Phi) is 4.64. The molecule has 0 atom stereocenters. The zero-order chi connectivity index (χ0) is 18.8. The molecule has 8 nitrogen and oxygen atoms in total. The quantitative estimate of drug-likeness (QED) is 0.720. The molecule has 4 rings (SSSR count). The third-order valence-electron chi connectivity index (χ3n) is 4.64. The Morgan fingerprint density at radius 1 is 0.963 bits per heavy atom. The second-order valence-electron chi connectivity index (χ2n) is 6.28. The molecule has 1 aliphatic heterocycles. The highest BCUT2D eigenvalue weighted by Crippen LogP contribution is 2.33. The molecule has 1 saturated heterocycles. The number of piperazine rings is 1. The van der Waals surface area contributed by atoms with Crippen molar-refractivity contribution in [2.24, 2.45) is 0 Å². The minimum atomic E-state index is 0.261. The van der Waals surface area contributed by atoms with Crippen molar-refractivity contribution in [2.45, 2.75) is 0 Å². The van der Waals surface area contributed by atoms with Gasteiger partial charge in [0, 0.05) is 31.7 Å². The normalized spacial score (nSPS) is 14.4. The van der Waals surface area contributed by atoms with Crippen LogP contribution in [0.25, 0.3) is 22.3 Å². The summed E-state index contributed by atoms with van der Waals surface area (Å²) in [6, 6.07) is 9.60. The lowest BCUT2D eigenvalue weighted by molar-refractivity contribution is 0.355. The fraction of sp³-hybridized carbons (Fsp3) is 0.316. The van der Waals surface area contributed by atoms with Crippen molar-refractivity contribution in [1.82, 2.24) is 20.3 Å². The highest BCUT2D eigenvalue weighted by atomic mass is 16.5. The molecule has 1 fully saturated rings. The number of methoxy groups -OCH3 is 2. The van der Waals surface area contributed by atoms with E-state index in [1.807, 2.05) is 30.3 Å². The van der Waals surface area contributed by atoms with E-state index in [4.69, 9.17) is 20.2 Å². The Hall–Kier alpha value is -3.13. The Bertz CT molecular complexity index is 972. The molecule has 3 aromatic rings. The summed E-state index contributed by atoms with van der Waals surface area (Å²) in [5.41, 5.74) is 9.15. The van der Waals surface area contributed by atoms with E-state index in [0.717, 1.165) is 54.3 Å². The summed E-state index contributed by atoms with van der Waals surface area (Å²) in [5.74, 6) is 2.38. The van der Waals surface area contributed by atoms with Gasteiger partial charge in [0.1, 0.15) is 5.52 Å². The van der Waals surface area contributed by atoms with Crippen LogP contribution in [-0.2, 0) is 0 Å². The minimum absolute atomic E-state index is 0.261. The second-order valence-corrected chi connectivity index (χ2v) is 6.28. The molecule has 3 heterocycles. The van der Waals surface area contributed by atoms with Gasteiger partial charge in [-0.1, -0.05) is 0 Å². The fourth-order valence-corrected chi connectivity index (χ4v) is 3.27. The summed E-state index contributed by atoms with van der Waals surface area (Å²) >= 11 is 0. The van der Waals surface area contributed by atoms with Crippen molar-refractivity contribution < 1.29 is 9.47 Å². The minimum Gasteiger partial charge on any atom is -0.493 e. The predicted molar refractivity (Wildman–Crippen MR) is 105 cm³/mol. The van der Waals surface area contributed by atoms with Crippen molar-refractivity contribution >= 4 is 22.8 Å². The van der Waals surface area contributed by atoms with Crippen LogP contribution in [0.3, 0.4) is 0 Å². The fourth-order valence-electron chi connectivity index (χ4n) is 3.27. The lowest BCUT2D eigenvalue weighted by Crippen LogP contribution is -2.44. The van der Waals surface area contributed by atoms with Crippen LogP contribution >= 0.6 is 0 Å². The van der Waals surface area contributed by atoms with Gasteiger partial charge in [-0.25, -0.2) is 9.97 Å². The van der Waals surface area contributed by atoms with Gasteiger partial charge in [-0.15, -0.1) is 0 Å². The number of benzene rings is 1. The van der Waals surface area contributed by atoms with Crippen molar-refractivity contribution in [3.63, 3.8) is 0 Å². The SMILES string of the molecule is COc1ccc(-c2ccc3nc(N)nc(N4CCNCC4)c3n2)cc1OC. The van der Waals surface area contributed by atoms with Gasteiger partial charge in [0.15, 0.2) is 17.3 Å². The smallest absolute Gasteiger partial charge is 0.222 e. The summed E-state index contributed by atoms with van der Waals surface area (Å²) in [4.78, 5) is 15.9. The third kappa shape index (κ3) is 3.31. The van der Waals surface area contributed by atoms with Crippen LogP contribution in [0.1, 0.15) is 0 Å². The van der Waals surface area contributed by atoms with E-state index in [2.05, 4.69) is 20.2 Å². The number of anilines is 2. The molecule has 140 valence electrons. The standard InChI is InChI=1S/C19H22N6O2/c1-26-15-6-3-12(11-16(15)27-2)13-4-5-14-17(22-13)18(24-19(20)23-14)25-9-7-21-8-10-25/h3-6,11,21H,7-10H2,1-2H3,(H2,20,23,24). The number of rotatable bonds is 4. The summed E-state index contributed by atoms with van der Waals surface area (Å²) in [6.07, 6.45) is 0. The first-order valence-corrected chi connectivity index (χ1v) is 8.82. The summed E-state index contributed by atoms with van der Waals surface area (Å²) in [7, 11) is 3.24. The van der Waals surface area contributed by atoms with Crippen LogP contribution in [0.5, 0.6) is 11.5 Å². The van der Waals surface area contributed by atoms with E-state index in [1.54, 1.807) is 14.2 Å². The average molecular weight is 366 g/mol. The Balaban J connectivity index is 1.82. The predicted octanol–water partition coefficient (Wildman–Crippen LogP) is 1.70. The molecule has 0 amide bonds. The van der Waals surface area contributed by atoms with Gasteiger partial charge in [-0.2, -0.15) is 4.98 Å². The number of aromatic nitrogens is 3. The van der Waals surface area contributed by atoms with Gasteiger partial charge >= 0.3 is 0 Å². The molecule has 8 heteroatoms. The third-order valence-corrected chi connectivity index (χ3v) is 4.64. The molecule has 1 aromatic carbocycles. The number of hydrogen-bond acceptors (Lipinski definition) is 8. The lowest BCUT2D eigenvalue weighted by Gasteiger charge is -2.29. The lowest BCUT2D eigenvalue weighted by atomic mass is 10.1. The van der Waals surface area contributed by atoms with E-state index in [9.17, 15) is 0 Å². The number of fused-ring (bicyclic) bond motifs is 1. The van der Waals surface area contributed by atoms with E-state index >= 15 is 0 Å². The molecule has 0 aliphatic carbocycles. The van der Waals surface area contributed by atoms with Gasteiger partial charge in [0.05, 0.1) is 25.4 Å². The zero-order valence-corrected chi connectivity index (χ0v) is 15.4. The number of nitrogen functional groups attached to an aromatic ring is 1. The van der Waals surface area contributed by atoms with E-state index in [-0.39, 0.29) is 5.95 Å². The maximum atomic E-state index is 5.93. The number of ether oxygens (including phenoxy) is 2. The van der Waals surface area contributed by atoms with Crippen LogP contribution in [0, 0.1) is 0 Å². The van der Waals surface area contributed by atoms with E-state index in [0.29, 0.717) is 11.5 Å². The molecule has 1 aliphatic rings. The van der Waals surface area contributed by atoms with Crippen LogP contribution in [0.15, 0.2) is 30.3 Å². The van der Waals surface area contributed by atoms with Crippen LogP contribution in [-0.4, -0.2) is 55.4 Å². The van der Waals surface area contributed by atoms with Gasteiger partial charge in [-0.05, 0) is 30.3 Å². The molecular formula is C19H22N6O2. The highest BCUT2D eigenvalue weighted by Gasteiger charge is 2.18. The summed E-state index contributed by atoms with van der Waals surface area (Å²) in [5, 5.41) is 3.35. The van der Waals surface area contributed by atoms with Crippen LogP contribution in [0.4, 0.5) is 11.8 Å². The van der Waals surface area contributed by atoms with Crippen LogP contribution in [0.2, 0.25) is 0 Å². The maximum absolute atomic E-state index is 5.93. The van der Waals surface area contributed by atoms with Gasteiger partial charge in [0.2, 0.25) is 5.95 Å². The van der Waals surface area contributed by atoms with E-state index in [1.165, 1.54) is 0 Å². The number of nitrogens with zero attached hydrogens (tertiary/aromatic N) is 4. The Morgan fingerprint density at radius 3 is 2.48 bits per heavy atom. The van der Waals surface area contributed by atoms with Crippen LogP contribution < -0.4 is 25.4 Å². The molecular weight excluding hydrogens is 344 g/mol. The molecule has 0 saturated carbocycles. The molecule has 2 aromatic heterocycles. The number of pyridine rings is 1. The molecule has 0 spiro atoms. The summed E-state index contributed by atoms with van der Waals surface area (Å²) in [6.45, 7) is 3.52. The zero-order valence-electron chi connectivity index (χ0n) is 15.4. The number of hydrogen-bond donors (Lipinski definition) is 2. The maximum Gasteiger partial charge on any atom is 0.222 e. The first kappa shape index (κ1) is 17.3. The first-order chi connectivity index (χ1) is 13.2. The topological polar surface area (TPSA) is 98.4 Å². The molecule has 0 bridgehead atoms. The first-order valence-electron chi connectivity index (χ1n) is 8.82. The average Bonchev–Trinajstić information content (AvgIpc) is 2.73. The van der Waals surface area contributed by atoms with Gasteiger partial charge in [-0.3, -0.25) is 0 Å². The van der Waals surface area contributed by atoms with Crippen molar-refractivity contribution in [2.75, 3.05) is 51.0 Å². The monoisotopic (exact) mass is 366 g/mol. The van der Waals surface area contributed by atoms with Gasteiger partial charge < -0.3 is 25.4 Å². The van der Waals surface area contributed by atoms with Crippen molar-refractivity contribution in [3.05, 3.63) is 30.3 Å². The highest BCUT2D eigenvalue weighted by molar-refractivity contribution is 5.88. The second kappa shape index (κ2) is 7.24. The largest absolute Gasteiger partial charge is 0.493 e. The summed E-state index contributed by atoms with van der Waals surface area (Å²) < 4.78 is 10.7. The molecule has 3 N–H and O–H groups in total. The van der Waals surface area contributed by atoms with Crippen molar-refractivity contribution in [3.8, 4) is 22.8 Å². The van der Waals surface area contributed by atoms with E-state index < -0.39 is 0 Å². The van der Waals surface area contributed by atoms with Gasteiger partial charge in [0.25, 0.3) is 0 Å². The Labute approximate surface area is 157 Å². The number of nitrogens with two attached hydrogens (primary N) is 1.